The Kier molecular flexibility index (Phi) is 3.65. The third kappa shape index (κ3) is 2.92. The first-order valence-electron chi connectivity index (χ1n) is 6.87. The van der Waals surface area contributed by atoms with E-state index in [0.717, 1.165) is 16.3 Å². The Morgan fingerprint density at radius 3 is 2.48 bits per heavy atom. The number of carbonyl (C=O) groups is 1. The fraction of sp³-hybridized carbons (Fsp3) is 0.111. The number of carbonyl (C=O) groups excluding carboxylic acids is 1. The summed E-state index contributed by atoms with van der Waals surface area (Å²) in [6.07, 6.45) is 3.48. The van der Waals surface area contributed by atoms with E-state index in [9.17, 15) is 4.79 Å². The molecule has 0 N–H and O–H groups in total. The van der Waals surface area contributed by atoms with Crippen molar-refractivity contribution in [3.8, 4) is 0 Å². The highest BCUT2D eigenvalue weighted by molar-refractivity contribution is 5.98. The number of rotatable bonds is 3. The van der Waals surface area contributed by atoms with Crippen LogP contribution in [0.5, 0.6) is 0 Å². The third-order valence-electron chi connectivity index (χ3n) is 3.51. The van der Waals surface area contributed by atoms with Crippen LogP contribution >= 0.6 is 0 Å². The first-order valence-corrected chi connectivity index (χ1v) is 6.87. The van der Waals surface area contributed by atoms with Crippen LogP contribution in [-0.2, 0) is 6.54 Å². The second kappa shape index (κ2) is 5.75. The molecule has 0 unspecified atom stereocenters. The van der Waals surface area contributed by atoms with Crippen LogP contribution in [0.4, 0.5) is 0 Å². The Bertz CT molecular complexity index is 768. The summed E-state index contributed by atoms with van der Waals surface area (Å²) in [5, 5.41) is 2.23. The smallest absolute Gasteiger partial charge is 0.253 e. The van der Waals surface area contributed by atoms with Gasteiger partial charge in [-0.15, -0.1) is 0 Å². The SMILES string of the molecule is CN(Cc1ccncc1)C(=O)c1ccc2ccccc2c1. The van der Waals surface area contributed by atoms with Gasteiger partial charge in [0.25, 0.3) is 5.91 Å². The Balaban J connectivity index is 1.82. The van der Waals surface area contributed by atoms with Gasteiger partial charge in [-0.05, 0) is 40.6 Å². The van der Waals surface area contributed by atoms with Crippen LogP contribution in [0, 0.1) is 0 Å². The van der Waals surface area contributed by atoms with Crippen molar-refractivity contribution in [3.05, 3.63) is 78.1 Å². The Labute approximate surface area is 123 Å². The number of hydrogen-bond acceptors (Lipinski definition) is 2. The van der Waals surface area contributed by atoms with Crippen LogP contribution in [0.3, 0.4) is 0 Å². The van der Waals surface area contributed by atoms with Gasteiger partial charge in [0.1, 0.15) is 0 Å². The average Bonchev–Trinajstić information content (AvgIpc) is 2.54. The van der Waals surface area contributed by atoms with Gasteiger partial charge < -0.3 is 4.90 Å². The zero-order chi connectivity index (χ0) is 14.7. The monoisotopic (exact) mass is 276 g/mol. The van der Waals surface area contributed by atoms with Crippen molar-refractivity contribution in [1.29, 1.82) is 0 Å². The highest BCUT2D eigenvalue weighted by Gasteiger charge is 2.12. The van der Waals surface area contributed by atoms with E-state index in [0.29, 0.717) is 12.1 Å². The summed E-state index contributed by atoms with van der Waals surface area (Å²) in [7, 11) is 1.82. The number of aromatic nitrogens is 1. The molecular formula is C18H16N2O. The first-order chi connectivity index (χ1) is 10.2. The number of benzene rings is 2. The molecule has 0 aliphatic carbocycles. The van der Waals surface area contributed by atoms with Gasteiger partial charge in [-0.25, -0.2) is 0 Å². The summed E-state index contributed by atoms with van der Waals surface area (Å²) >= 11 is 0. The predicted octanol–water partition coefficient (Wildman–Crippen LogP) is 3.51. The maximum Gasteiger partial charge on any atom is 0.253 e. The summed E-state index contributed by atoms with van der Waals surface area (Å²) in [4.78, 5) is 18.2. The molecule has 0 saturated carbocycles. The lowest BCUT2D eigenvalue weighted by molar-refractivity contribution is 0.0785. The lowest BCUT2D eigenvalue weighted by Gasteiger charge is -2.17. The molecule has 0 radical (unpaired) electrons. The lowest BCUT2D eigenvalue weighted by atomic mass is 10.1. The minimum atomic E-state index is 0.0255. The fourth-order valence-electron chi connectivity index (χ4n) is 2.38. The van der Waals surface area contributed by atoms with Crippen LogP contribution in [0.25, 0.3) is 10.8 Å². The van der Waals surface area contributed by atoms with Gasteiger partial charge in [-0.1, -0.05) is 30.3 Å². The zero-order valence-electron chi connectivity index (χ0n) is 11.9. The van der Waals surface area contributed by atoms with E-state index in [1.54, 1.807) is 17.3 Å². The fourth-order valence-corrected chi connectivity index (χ4v) is 2.38. The van der Waals surface area contributed by atoms with Crippen molar-refractivity contribution in [1.82, 2.24) is 9.88 Å². The van der Waals surface area contributed by atoms with Gasteiger partial charge in [0.2, 0.25) is 0 Å². The molecule has 3 heteroatoms. The molecule has 0 saturated heterocycles. The molecular weight excluding hydrogens is 260 g/mol. The maximum atomic E-state index is 12.5. The normalized spacial score (nSPS) is 10.5. The van der Waals surface area contributed by atoms with E-state index in [1.807, 2.05) is 61.6 Å². The van der Waals surface area contributed by atoms with Crippen LogP contribution < -0.4 is 0 Å². The molecule has 3 aromatic rings. The molecule has 1 aromatic heterocycles. The topological polar surface area (TPSA) is 33.2 Å². The van der Waals surface area contributed by atoms with E-state index in [2.05, 4.69) is 4.98 Å². The predicted molar refractivity (Wildman–Crippen MR) is 84.0 cm³/mol. The number of amides is 1. The Morgan fingerprint density at radius 2 is 1.71 bits per heavy atom. The van der Waals surface area contributed by atoms with Crippen LogP contribution in [0.1, 0.15) is 15.9 Å². The highest BCUT2D eigenvalue weighted by Crippen LogP contribution is 2.17. The summed E-state index contributed by atoms with van der Waals surface area (Å²) in [5.41, 5.74) is 1.78. The Morgan fingerprint density at radius 1 is 1.00 bits per heavy atom. The van der Waals surface area contributed by atoms with E-state index in [4.69, 9.17) is 0 Å². The van der Waals surface area contributed by atoms with Crippen molar-refractivity contribution in [3.63, 3.8) is 0 Å². The van der Waals surface area contributed by atoms with Crippen molar-refractivity contribution >= 4 is 16.7 Å². The Hall–Kier alpha value is -2.68. The first kappa shape index (κ1) is 13.3. The molecule has 0 aliphatic heterocycles. The second-order valence-electron chi connectivity index (χ2n) is 5.08. The number of pyridine rings is 1. The second-order valence-corrected chi connectivity index (χ2v) is 5.08. The standard InChI is InChI=1S/C18H16N2O/c1-20(13-14-8-10-19-11-9-14)18(21)17-7-6-15-4-2-3-5-16(15)12-17/h2-12H,13H2,1H3. The van der Waals surface area contributed by atoms with Gasteiger partial charge in [0.15, 0.2) is 0 Å². The van der Waals surface area contributed by atoms with E-state index in [1.165, 1.54) is 0 Å². The largest absolute Gasteiger partial charge is 0.337 e. The minimum Gasteiger partial charge on any atom is -0.337 e. The molecule has 1 amide bonds. The molecule has 0 atom stereocenters. The molecule has 104 valence electrons. The van der Waals surface area contributed by atoms with Crippen molar-refractivity contribution in [2.75, 3.05) is 7.05 Å². The number of nitrogens with zero attached hydrogens (tertiary/aromatic N) is 2. The molecule has 3 nitrogen and oxygen atoms in total. The van der Waals surface area contributed by atoms with Gasteiger partial charge in [0.05, 0.1) is 0 Å². The van der Waals surface area contributed by atoms with Gasteiger partial charge in [-0.2, -0.15) is 0 Å². The van der Waals surface area contributed by atoms with Crippen LogP contribution in [-0.4, -0.2) is 22.8 Å². The summed E-state index contributed by atoms with van der Waals surface area (Å²) in [5.74, 6) is 0.0255. The molecule has 21 heavy (non-hydrogen) atoms. The van der Waals surface area contributed by atoms with Crippen molar-refractivity contribution < 1.29 is 4.79 Å². The van der Waals surface area contributed by atoms with Crippen molar-refractivity contribution in [2.45, 2.75) is 6.54 Å². The molecule has 0 bridgehead atoms. The highest BCUT2D eigenvalue weighted by atomic mass is 16.2. The molecule has 0 fully saturated rings. The van der Waals surface area contributed by atoms with E-state index in [-0.39, 0.29) is 5.91 Å². The molecule has 1 heterocycles. The maximum absolute atomic E-state index is 12.5. The summed E-state index contributed by atoms with van der Waals surface area (Å²) in [6, 6.07) is 17.7. The molecule has 2 aromatic carbocycles. The van der Waals surface area contributed by atoms with Gasteiger partial charge in [-0.3, -0.25) is 9.78 Å². The average molecular weight is 276 g/mol. The van der Waals surface area contributed by atoms with E-state index < -0.39 is 0 Å². The molecule has 0 spiro atoms. The summed E-state index contributed by atoms with van der Waals surface area (Å²) < 4.78 is 0. The quantitative estimate of drug-likeness (QED) is 0.733. The minimum absolute atomic E-state index is 0.0255. The summed E-state index contributed by atoms with van der Waals surface area (Å²) in [6.45, 7) is 0.578. The van der Waals surface area contributed by atoms with Crippen LogP contribution in [0.15, 0.2) is 67.0 Å². The zero-order valence-corrected chi connectivity index (χ0v) is 11.9. The third-order valence-corrected chi connectivity index (χ3v) is 3.51. The van der Waals surface area contributed by atoms with E-state index >= 15 is 0 Å². The van der Waals surface area contributed by atoms with Gasteiger partial charge in [0, 0.05) is 31.5 Å². The van der Waals surface area contributed by atoms with Crippen molar-refractivity contribution in [2.24, 2.45) is 0 Å². The number of hydrogen-bond donors (Lipinski definition) is 0. The van der Waals surface area contributed by atoms with Crippen LogP contribution in [0.2, 0.25) is 0 Å². The molecule has 0 aliphatic rings. The lowest BCUT2D eigenvalue weighted by Crippen LogP contribution is -2.26. The van der Waals surface area contributed by atoms with Gasteiger partial charge >= 0.3 is 0 Å². The number of fused-ring (bicyclic) bond motifs is 1. The molecule has 3 rings (SSSR count).